The second-order valence-corrected chi connectivity index (χ2v) is 4.38. The van der Waals surface area contributed by atoms with Gasteiger partial charge in [-0.1, -0.05) is 6.07 Å². The van der Waals surface area contributed by atoms with E-state index in [1.54, 1.807) is 6.07 Å². The number of nitrogens with zero attached hydrogens (tertiary/aromatic N) is 2. The van der Waals surface area contributed by atoms with E-state index >= 15 is 0 Å². The highest BCUT2D eigenvalue weighted by Gasteiger charge is 2.09. The van der Waals surface area contributed by atoms with E-state index in [2.05, 4.69) is 25.9 Å². The summed E-state index contributed by atoms with van der Waals surface area (Å²) in [4.78, 5) is 8.00. The molecule has 6 heteroatoms. The smallest absolute Gasteiger partial charge is 0.325 e. The highest BCUT2D eigenvalue weighted by atomic mass is 79.9. The van der Waals surface area contributed by atoms with Crippen molar-refractivity contribution < 1.29 is 13.9 Å². The minimum absolute atomic E-state index is 0.101. The fraction of sp³-hybridized carbons (Fsp3) is 0.167. The van der Waals surface area contributed by atoms with Crippen molar-refractivity contribution in [3.05, 3.63) is 40.2 Å². The lowest BCUT2D eigenvalue weighted by Crippen LogP contribution is -1.97. The van der Waals surface area contributed by atoms with Crippen LogP contribution in [0.5, 0.6) is 17.6 Å². The van der Waals surface area contributed by atoms with Gasteiger partial charge in [-0.25, -0.2) is 9.37 Å². The Bertz CT molecular complexity index is 578. The standard InChI is InChI=1S/C12H10BrFN2O2/c1-7-3-4-8(14)5-10(7)18-12-15-6-9(13)11(16-12)17-2/h3-6H,1-2H3. The Morgan fingerprint density at radius 1 is 1.33 bits per heavy atom. The van der Waals surface area contributed by atoms with Crippen LogP contribution in [0.25, 0.3) is 0 Å². The van der Waals surface area contributed by atoms with Crippen molar-refractivity contribution in [2.45, 2.75) is 6.92 Å². The summed E-state index contributed by atoms with van der Waals surface area (Å²) in [6, 6.07) is 4.38. The Morgan fingerprint density at radius 3 is 2.83 bits per heavy atom. The quantitative estimate of drug-likeness (QED) is 0.870. The molecule has 4 nitrogen and oxygen atoms in total. The lowest BCUT2D eigenvalue weighted by Gasteiger charge is -2.08. The number of ether oxygens (including phenoxy) is 2. The summed E-state index contributed by atoms with van der Waals surface area (Å²) in [5.74, 6) is 0.355. The highest BCUT2D eigenvalue weighted by molar-refractivity contribution is 9.10. The molecule has 0 N–H and O–H groups in total. The largest absolute Gasteiger partial charge is 0.480 e. The van der Waals surface area contributed by atoms with Crippen molar-refractivity contribution in [1.29, 1.82) is 0 Å². The molecule has 2 aromatic rings. The number of hydrogen-bond donors (Lipinski definition) is 0. The molecule has 0 saturated carbocycles. The number of hydrogen-bond acceptors (Lipinski definition) is 4. The normalized spacial score (nSPS) is 10.2. The third kappa shape index (κ3) is 2.76. The minimum Gasteiger partial charge on any atom is -0.480 e. The van der Waals surface area contributed by atoms with Crippen LogP contribution in [0.1, 0.15) is 5.56 Å². The topological polar surface area (TPSA) is 44.2 Å². The number of methoxy groups -OCH3 is 1. The number of halogens is 2. The van der Waals surface area contributed by atoms with E-state index in [1.165, 1.54) is 25.4 Å². The molecule has 18 heavy (non-hydrogen) atoms. The summed E-state index contributed by atoms with van der Waals surface area (Å²) in [5.41, 5.74) is 0.793. The van der Waals surface area contributed by atoms with E-state index in [0.29, 0.717) is 16.1 Å². The van der Waals surface area contributed by atoms with Crippen molar-refractivity contribution >= 4 is 15.9 Å². The molecule has 0 aliphatic heterocycles. The van der Waals surface area contributed by atoms with Gasteiger partial charge in [0, 0.05) is 6.07 Å². The predicted molar refractivity (Wildman–Crippen MR) is 67.5 cm³/mol. The van der Waals surface area contributed by atoms with Crippen molar-refractivity contribution in [3.63, 3.8) is 0 Å². The summed E-state index contributed by atoms with van der Waals surface area (Å²) < 4.78 is 24.2. The third-order valence-corrected chi connectivity index (χ3v) is 2.78. The number of benzene rings is 1. The first-order chi connectivity index (χ1) is 8.60. The zero-order valence-electron chi connectivity index (χ0n) is 9.78. The van der Waals surface area contributed by atoms with Gasteiger partial charge < -0.3 is 9.47 Å². The first-order valence-corrected chi connectivity index (χ1v) is 5.90. The highest BCUT2D eigenvalue weighted by Crippen LogP contribution is 2.27. The molecule has 94 valence electrons. The van der Waals surface area contributed by atoms with Crippen molar-refractivity contribution in [2.24, 2.45) is 0 Å². The monoisotopic (exact) mass is 312 g/mol. The second kappa shape index (κ2) is 5.30. The van der Waals surface area contributed by atoms with Gasteiger partial charge in [0.05, 0.1) is 17.8 Å². The molecular formula is C12H10BrFN2O2. The molecule has 0 aliphatic carbocycles. The van der Waals surface area contributed by atoms with Crippen LogP contribution < -0.4 is 9.47 Å². The molecule has 0 fully saturated rings. The summed E-state index contributed by atoms with van der Waals surface area (Å²) in [5, 5.41) is 0. The van der Waals surface area contributed by atoms with Gasteiger partial charge in [-0.3, -0.25) is 0 Å². The zero-order chi connectivity index (χ0) is 13.1. The van der Waals surface area contributed by atoms with Gasteiger partial charge in [0.15, 0.2) is 0 Å². The maximum Gasteiger partial charge on any atom is 0.325 e. The van der Waals surface area contributed by atoms with Gasteiger partial charge in [-0.2, -0.15) is 4.98 Å². The van der Waals surface area contributed by atoms with Crippen LogP contribution in [-0.4, -0.2) is 17.1 Å². The van der Waals surface area contributed by atoms with E-state index in [0.717, 1.165) is 5.56 Å². The maximum absolute atomic E-state index is 13.1. The van der Waals surface area contributed by atoms with Gasteiger partial charge in [0.2, 0.25) is 5.88 Å². The maximum atomic E-state index is 13.1. The summed E-state index contributed by atoms with van der Waals surface area (Å²) in [6.45, 7) is 1.81. The van der Waals surface area contributed by atoms with Crippen molar-refractivity contribution in [2.75, 3.05) is 7.11 Å². The van der Waals surface area contributed by atoms with Gasteiger partial charge in [-0.05, 0) is 34.5 Å². The number of rotatable bonds is 3. The first kappa shape index (κ1) is 12.8. The molecule has 0 bridgehead atoms. The Balaban J connectivity index is 2.31. The molecule has 0 aliphatic rings. The van der Waals surface area contributed by atoms with Gasteiger partial charge in [0.25, 0.3) is 0 Å². The van der Waals surface area contributed by atoms with Crippen LogP contribution in [0.4, 0.5) is 4.39 Å². The molecular weight excluding hydrogens is 303 g/mol. The van der Waals surface area contributed by atoms with E-state index in [9.17, 15) is 4.39 Å². The SMILES string of the molecule is COc1nc(Oc2cc(F)ccc2C)ncc1Br. The molecule has 1 aromatic heterocycles. The molecule has 2 rings (SSSR count). The average molecular weight is 313 g/mol. The lowest BCUT2D eigenvalue weighted by molar-refractivity contribution is 0.372. The molecule has 0 radical (unpaired) electrons. The molecule has 0 unspecified atom stereocenters. The third-order valence-electron chi connectivity index (χ3n) is 2.23. The van der Waals surface area contributed by atoms with Crippen LogP contribution in [0.15, 0.2) is 28.9 Å². The molecule has 0 saturated heterocycles. The molecule has 0 atom stereocenters. The fourth-order valence-electron chi connectivity index (χ4n) is 1.31. The number of aromatic nitrogens is 2. The summed E-state index contributed by atoms with van der Waals surface area (Å²) >= 11 is 3.24. The van der Waals surface area contributed by atoms with Crippen LogP contribution in [-0.2, 0) is 0 Å². The van der Waals surface area contributed by atoms with Crippen LogP contribution >= 0.6 is 15.9 Å². The Hall–Kier alpha value is -1.69. The van der Waals surface area contributed by atoms with Gasteiger partial charge in [-0.15, -0.1) is 0 Å². The summed E-state index contributed by atoms with van der Waals surface area (Å²) in [7, 11) is 1.49. The Kier molecular flexibility index (Phi) is 3.76. The molecule has 0 spiro atoms. The second-order valence-electron chi connectivity index (χ2n) is 3.52. The van der Waals surface area contributed by atoms with Crippen molar-refractivity contribution in [3.8, 4) is 17.6 Å². The Labute approximate surface area is 112 Å². The van der Waals surface area contributed by atoms with Crippen molar-refractivity contribution in [1.82, 2.24) is 9.97 Å². The van der Waals surface area contributed by atoms with E-state index in [4.69, 9.17) is 9.47 Å². The van der Waals surface area contributed by atoms with Crippen LogP contribution in [0.3, 0.4) is 0 Å². The average Bonchev–Trinajstić information content (AvgIpc) is 2.36. The molecule has 1 heterocycles. The van der Waals surface area contributed by atoms with Gasteiger partial charge >= 0.3 is 6.01 Å². The first-order valence-electron chi connectivity index (χ1n) is 5.10. The van der Waals surface area contributed by atoms with E-state index in [1.807, 2.05) is 6.92 Å². The van der Waals surface area contributed by atoms with Crippen LogP contribution in [0.2, 0.25) is 0 Å². The predicted octanol–water partition coefficient (Wildman–Crippen LogP) is 3.49. The zero-order valence-corrected chi connectivity index (χ0v) is 11.4. The van der Waals surface area contributed by atoms with Gasteiger partial charge in [0.1, 0.15) is 11.6 Å². The lowest BCUT2D eigenvalue weighted by atomic mass is 10.2. The fourth-order valence-corrected chi connectivity index (χ4v) is 1.66. The number of aryl methyl sites for hydroxylation is 1. The van der Waals surface area contributed by atoms with Crippen LogP contribution in [0, 0.1) is 12.7 Å². The Morgan fingerprint density at radius 2 is 2.11 bits per heavy atom. The van der Waals surface area contributed by atoms with E-state index < -0.39 is 0 Å². The molecule has 0 amide bonds. The van der Waals surface area contributed by atoms with E-state index in [-0.39, 0.29) is 11.8 Å². The molecule has 1 aromatic carbocycles. The summed E-state index contributed by atoms with van der Waals surface area (Å²) in [6.07, 6.45) is 1.51. The minimum atomic E-state index is -0.375.